The van der Waals surface area contributed by atoms with E-state index in [1.165, 1.54) is 12.1 Å². The average molecular weight is 362 g/mol. The van der Waals surface area contributed by atoms with E-state index >= 15 is 0 Å². The number of carboxylic acids is 1. The molecule has 2 N–H and O–H groups in total. The largest absolute Gasteiger partial charge is 0.476 e. The molecule has 0 fully saturated rings. The number of ether oxygens (including phenoxy) is 1. The van der Waals surface area contributed by atoms with Gasteiger partial charge in [0.05, 0.1) is 6.54 Å². The molecule has 0 radical (unpaired) electrons. The number of hydrogen-bond donors (Lipinski definition) is 2. The molecule has 132 valence electrons. The number of nitrogens with zero attached hydrogens (tertiary/aromatic N) is 3. The maximum atomic E-state index is 14.3. The third-order valence-electron chi connectivity index (χ3n) is 3.89. The van der Waals surface area contributed by atoms with E-state index < -0.39 is 11.8 Å². The molecule has 0 saturated carbocycles. The van der Waals surface area contributed by atoms with Crippen molar-refractivity contribution in [1.29, 1.82) is 0 Å². The number of hydrogen-bond acceptors (Lipinski definition) is 5. The molecule has 0 spiro atoms. The van der Waals surface area contributed by atoms with E-state index in [2.05, 4.69) is 32.2 Å². The van der Waals surface area contributed by atoms with Crippen molar-refractivity contribution >= 4 is 12.2 Å². The van der Waals surface area contributed by atoms with Crippen LogP contribution in [0.5, 0.6) is 11.6 Å². The van der Waals surface area contributed by atoms with E-state index in [-0.39, 0.29) is 17.3 Å². The third-order valence-corrected chi connectivity index (χ3v) is 3.89. The summed E-state index contributed by atoms with van der Waals surface area (Å²) in [5, 5.41) is 18.0. The van der Waals surface area contributed by atoms with E-state index in [9.17, 15) is 9.18 Å². The smallest absolute Gasteiger partial charge is 0.359 e. The highest BCUT2D eigenvalue weighted by atomic mass is 19.1. The molecule has 0 unspecified atom stereocenters. The number of carboxylic acid groups (broad SMARTS) is 1. The van der Waals surface area contributed by atoms with Crippen molar-refractivity contribution in [2.24, 2.45) is 4.99 Å². The molecule has 7 nitrogen and oxygen atoms in total. The van der Waals surface area contributed by atoms with E-state index in [4.69, 9.17) is 9.84 Å². The molecule has 0 bridgehead atoms. The van der Waals surface area contributed by atoms with Crippen LogP contribution in [0.3, 0.4) is 0 Å². The van der Waals surface area contributed by atoms with Crippen LogP contribution in [-0.4, -0.2) is 32.7 Å². The van der Waals surface area contributed by atoms with Gasteiger partial charge in [-0.25, -0.2) is 14.3 Å². The molecule has 0 amide bonds. The summed E-state index contributed by atoms with van der Waals surface area (Å²) >= 11 is 0. The van der Waals surface area contributed by atoms with Crippen LogP contribution in [0, 0.1) is 17.7 Å². The van der Waals surface area contributed by atoms with E-state index in [0.717, 1.165) is 16.7 Å². The fourth-order valence-corrected chi connectivity index (χ4v) is 2.58. The quantitative estimate of drug-likeness (QED) is 0.698. The van der Waals surface area contributed by atoms with Crippen molar-refractivity contribution in [2.45, 2.75) is 6.54 Å². The maximum Gasteiger partial charge on any atom is 0.359 e. The number of aromatic nitrogens is 3. The first kappa shape index (κ1) is 16.5. The van der Waals surface area contributed by atoms with Gasteiger partial charge in [-0.1, -0.05) is 34.3 Å². The zero-order valence-electron chi connectivity index (χ0n) is 13.7. The first-order chi connectivity index (χ1) is 13.1. The van der Waals surface area contributed by atoms with Crippen LogP contribution in [0.4, 0.5) is 4.39 Å². The zero-order chi connectivity index (χ0) is 18.8. The standard InChI is InChI=1S/C19H11FN4O3/c20-15-8-11(4-6-12-2-1-3-13-9-21-10-14(12)13)5-7-16(15)27-18-17(19(25)26)22-24-23-18/h1-3,5,7-8,10H,9H2,(H,25,26)(H,22,23,24). The molecule has 1 aromatic heterocycles. The average Bonchev–Trinajstić information content (AvgIpc) is 3.31. The molecule has 1 aliphatic heterocycles. The Morgan fingerprint density at radius 1 is 1.26 bits per heavy atom. The van der Waals surface area contributed by atoms with Crippen LogP contribution in [0.2, 0.25) is 0 Å². The Morgan fingerprint density at radius 2 is 2.15 bits per heavy atom. The number of nitrogens with one attached hydrogen (secondary N) is 1. The van der Waals surface area contributed by atoms with Crippen LogP contribution in [0.1, 0.15) is 32.7 Å². The van der Waals surface area contributed by atoms with Gasteiger partial charge >= 0.3 is 5.97 Å². The highest BCUT2D eigenvalue weighted by Crippen LogP contribution is 2.25. The minimum absolute atomic E-state index is 0.176. The number of aromatic amines is 1. The van der Waals surface area contributed by atoms with Crippen LogP contribution in [0.25, 0.3) is 0 Å². The Balaban J connectivity index is 1.58. The Hall–Kier alpha value is -3.99. The zero-order valence-corrected chi connectivity index (χ0v) is 13.7. The van der Waals surface area contributed by atoms with Crippen LogP contribution < -0.4 is 4.74 Å². The maximum absolute atomic E-state index is 14.3. The lowest BCUT2D eigenvalue weighted by Gasteiger charge is -2.04. The Kier molecular flexibility index (Phi) is 4.10. The molecule has 0 atom stereocenters. The van der Waals surface area contributed by atoms with Gasteiger partial charge in [-0.3, -0.25) is 4.99 Å². The van der Waals surface area contributed by atoms with Gasteiger partial charge in [0.25, 0.3) is 5.88 Å². The van der Waals surface area contributed by atoms with Crippen molar-refractivity contribution < 1.29 is 19.0 Å². The summed E-state index contributed by atoms with van der Waals surface area (Å²) in [6, 6.07) is 9.93. The lowest BCUT2D eigenvalue weighted by atomic mass is 10.0. The van der Waals surface area contributed by atoms with Crippen molar-refractivity contribution in [3.8, 4) is 23.5 Å². The highest BCUT2D eigenvalue weighted by molar-refractivity contribution is 5.88. The number of aromatic carboxylic acids is 1. The molecular weight excluding hydrogens is 351 g/mol. The van der Waals surface area contributed by atoms with Crippen LogP contribution in [-0.2, 0) is 6.54 Å². The molecule has 4 rings (SSSR count). The summed E-state index contributed by atoms with van der Waals surface area (Å²) in [6.07, 6.45) is 1.79. The second-order valence-electron chi connectivity index (χ2n) is 5.64. The van der Waals surface area contributed by atoms with Gasteiger partial charge in [0.2, 0.25) is 5.69 Å². The van der Waals surface area contributed by atoms with E-state index in [1.54, 1.807) is 12.3 Å². The van der Waals surface area contributed by atoms with Crippen molar-refractivity contribution in [3.63, 3.8) is 0 Å². The number of halogens is 1. The minimum Gasteiger partial charge on any atom is -0.476 e. The van der Waals surface area contributed by atoms with Gasteiger partial charge in [0, 0.05) is 22.9 Å². The van der Waals surface area contributed by atoms with E-state index in [0.29, 0.717) is 12.1 Å². The second-order valence-corrected chi connectivity index (χ2v) is 5.64. The molecule has 0 aliphatic carbocycles. The predicted molar refractivity (Wildman–Crippen MR) is 93.5 cm³/mol. The summed E-state index contributed by atoms with van der Waals surface area (Å²) in [5.74, 6) is 3.44. The van der Waals surface area contributed by atoms with Gasteiger partial charge in [0.15, 0.2) is 11.6 Å². The van der Waals surface area contributed by atoms with Gasteiger partial charge in [0.1, 0.15) is 0 Å². The van der Waals surface area contributed by atoms with Crippen molar-refractivity contribution in [1.82, 2.24) is 15.4 Å². The molecule has 3 aromatic rings. The minimum atomic E-state index is -1.31. The number of carbonyl (C=O) groups is 1. The topological polar surface area (TPSA) is 100 Å². The number of aliphatic imine (C=N–C) groups is 1. The number of benzene rings is 2. The third kappa shape index (κ3) is 3.26. The normalized spacial score (nSPS) is 11.6. The molecule has 1 aliphatic rings. The Labute approximate surface area is 152 Å². The lowest BCUT2D eigenvalue weighted by molar-refractivity contribution is 0.0687. The Bertz CT molecular complexity index is 1140. The summed E-state index contributed by atoms with van der Waals surface area (Å²) in [5.41, 5.74) is 3.00. The number of fused-ring (bicyclic) bond motifs is 1. The van der Waals surface area contributed by atoms with Gasteiger partial charge in [-0.05, 0) is 29.8 Å². The molecule has 2 aromatic carbocycles. The summed E-state index contributed by atoms with van der Waals surface area (Å²) in [7, 11) is 0. The van der Waals surface area contributed by atoms with Crippen molar-refractivity contribution in [2.75, 3.05) is 0 Å². The van der Waals surface area contributed by atoms with Gasteiger partial charge in [-0.2, -0.15) is 0 Å². The second kappa shape index (κ2) is 6.72. The van der Waals surface area contributed by atoms with Crippen LogP contribution in [0.15, 0.2) is 41.4 Å². The number of H-pyrrole nitrogens is 1. The molecule has 27 heavy (non-hydrogen) atoms. The van der Waals surface area contributed by atoms with Crippen LogP contribution >= 0.6 is 0 Å². The summed E-state index contributed by atoms with van der Waals surface area (Å²) in [6.45, 7) is 0.645. The summed E-state index contributed by atoms with van der Waals surface area (Å²) in [4.78, 5) is 15.2. The SMILES string of the molecule is O=C(O)c1[nH]nnc1Oc1ccc(C#Cc2cccc3c2C=NC3)cc1F. The first-order valence-corrected chi connectivity index (χ1v) is 7.87. The van der Waals surface area contributed by atoms with Gasteiger partial charge < -0.3 is 9.84 Å². The highest BCUT2D eigenvalue weighted by Gasteiger charge is 2.18. The molecule has 8 heteroatoms. The molecule has 2 heterocycles. The number of rotatable bonds is 3. The van der Waals surface area contributed by atoms with Gasteiger partial charge in [-0.15, -0.1) is 0 Å². The Morgan fingerprint density at radius 3 is 2.96 bits per heavy atom. The fourth-order valence-electron chi connectivity index (χ4n) is 2.58. The van der Waals surface area contributed by atoms with Crippen molar-refractivity contribution in [3.05, 3.63) is 70.2 Å². The first-order valence-electron chi connectivity index (χ1n) is 7.87. The van der Waals surface area contributed by atoms with E-state index in [1.807, 2.05) is 18.2 Å². The molecular formula is C19H11FN4O3. The monoisotopic (exact) mass is 362 g/mol. The lowest BCUT2D eigenvalue weighted by Crippen LogP contribution is -2.00. The summed E-state index contributed by atoms with van der Waals surface area (Å²) < 4.78 is 19.5. The predicted octanol–water partition coefficient (Wildman–Crippen LogP) is 2.77. The molecule has 0 saturated heterocycles. The fraction of sp³-hybridized carbons (Fsp3) is 0.0526.